The zero-order valence-electron chi connectivity index (χ0n) is 9.09. The van der Waals surface area contributed by atoms with Gasteiger partial charge in [0, 0.05) is 12.4 Å². The number of aromatic nitrogens is 1. The van der Waals surface area contributed by atoms with Crippen LogP contribution in [0.2, 0.25) is 0 Å². The van der Waals surface area contributed by atoms with E-state index in [0.29, 0.717) is 4.90 Å². The largest absolute Gasteiger partial charge is 0.316 e. The zero-order chi connectivity index (χ0) is 11.4. The van der Waals surface area contributed by atoms with E-state index in [1.54, 1.807) is 12.1 Å². The summed E-state index contributed by atoms with van der Waals surface area (Å²) >= 11 is 0. The Balaban J connectivity index is 2.08. The monoisotopic (exact) mass is 240 g/mol. The van der Waals surface area contributed by atoms with Gasteiger partial charge in [-0.15, -0.1) is 0 Å². The van der Waals surface area contributed by atoms with Gasteiger partial charge < -0.3 is 5.32 Å². The fraction of sp³-hybridized carbons (Fsp3) is 0.545. The van der Waals surface area contributed by atoms with Crippen LogP contribution in [0.25, 0.3) is 0 Å². The number of nitrogens with one attached hydrogen (secondary N) is 1. The predicted molar refractivity (Wildman–Crippen MR) is 61.9 cm³/mol. The Labute approximate surface area is 96.0 Å². The van der Waals surface area contributed by atoms with Crippen molar-refractivity contribution in [1.29, 1.82) is 0 Å². The van der Waals surface area contributed by atoms with E-state index in [0.717, 1.165) is 25.9 Å². The molecule has 4 nitrogen and oxygen atoms in total. The lowest BCUT2D eigenvalue weighted by Gasteiger charge is -2.22. The second kappa shape index (κ2) is 4.93. The van der Waals surface area contributed by atoms with Crippen LogP contribution < -0.4 is 5.32 Å². The summed E-state index contributed by atoms with van der Waals surface area (Å²) < 4.78 is 24.1. The number of hydrogen-bond acceptors (Lipinski definition) is 4. The van der Waals surface area contributed by atoms with Gasteiger partial charge in [0.05, 0.1) is 10.6 Å². The number of rotatable bonds is 3. The minimum atomic E-state index is -3.14. The van der Waals surface area contributed by atoms with Gasteiger partial charge in [-0.2, -0.15) is 0 Å². The molecular formula is C11H16N2O2S. The minimum absolute atomic E-state index is 0.240. The van der Waals surface area contributed by atoms with Gasteiger partial charge in [-0.25, -0.2) is 8.42 Å². The molecule has 1 aliphatic rings. The Hall–Kier alpha value is -0.940. The lowest BCUT2D eigenvalue weighted by molar-refractivity contribution is 0.404. The van der Waals surface area contributed by atoms with E-state index in [1.807, 2.05) is 0 Å². The zero-order valence-corrected chi connectivity index (χ0v) is 9.91. The van der Waals surface area contributed by atoms with Gasteiger partial charge in [-0.05, 0) is 44.0 Å². The number of pyridine rings is 1. The fourth-order valence-electron chi connectivity index (χ4n) is 2.02. The fourth-order valence-corrected chi connectivity index (χ4v) is 3.65. The third-order valence-corrected chi connectivity index (χ3v) is 4.76. The van der Waals surface area contributed by atoms with Crippen molar-refractivity contribution < 1.29 is 8.42 Å². The van der Waals surface area contributed by atoms with E-state index in [1.165, 1.54) is 12.4 Å². The molecule has 1 saturated heterocycles. The lowest BCUT2D eigenvalue weighted by Crippen LogP contribution is -2.33. The molecule has 2 heterocycles. The van der Waals surface area contributed by atoms with Crippen LogP contribution in [0.1, 0.15) is 12.8 Å². The minimum Gasteiger partial charge on any atom is -0.316 e. The third-order valence-electron chi connectivity index (χ3n) is 2.86. The summed E-state index contributed by atoms with van der Waals surface area (Å²) in [5.41, 5.74) is 0. The second-order valence-electron chi connectivity index (χ2n) is 4.18. The molecule has 0 amide bonds. The van der Waals surface area contributed by atoms with Crippen LogP contribution in [0, 0.1) is 5.92 Å². The standard InChI is InChI=1S/C11H16N2O2S/c14-16(15,11-3-6-12-7-4-11)9-10-2-1-5-13-8-10/h3-4,6-7,10,13H,1-2,5,8-9H2. The Morgan fingerprint density at radius 3 is 2.75 bits per heavy atom. The smallest absolute Gasteiger partial charge is 0.178 e. The molecule has 1 aromatic rings. The predicted octanol–water partition coefficient (Wildman–Crippen LogP) is 0.855. The van der Waals surface area contributed by atoms with Crippen LogP contribution in [-0.4, -0.2) is 32.2 Å². The van der Waals surface area contributed by atoms with E-state index in [-0.39, 0.29) is 11.7 Å². The first-order chi connectivity index (χ1) is 7.68. The first-order valence-corrected chi connectivity index (χ1v) is 7.17. The van der Waals surface area contributed by atoms with Gasteiger partial charge in [0.25, 0.3) is 0 Å². The molecule has 0 spiro atoms. The van der Waals surface area contributed by atoms with Crippen LogP contribution in [0.3, 0.4) is 0 Å². The summed E-state index contributed by atoms with van der Waals surface area (Å²) in [6.45, 7) is 1.82. The third kappa shape index (κ3) is 2.80. The SMILES string of the molecule is O=S(=O)(CC1CCCNC1)c1ccncc1. The number of piperidine rings is 1. The first kappa shape index (κ1) is 11.5. The van der Waals surface area contributed by atoms with Crippen LogP contribution in [0.5, 0.6) is 0 Å². The highest BCUT2D eigenvalue weighted by atomic mass is 32.2. The number of nitrogens with zero attached hydrogens (tertiary/aromatic N) is 1. The average molecular weight is 240 g/mol. The van der Waals surface area contributed by atoms with E-state index < -0.39 is 9.84 Å². The van der Waals surface area contributed by atoms with Crippen molar-refractivity contribution >= 4 is 9.84 Å². The van der Waals surface area contributed by atoms with Crippen molar-refractivity contribution in [3.63, 3.8) is 0 Å². The summed E-state index contributed by atoms with van der Waals surface area (Å²) in [6, 6.07) is 3.12. The van der Waals surface area contributed by atoms with Crippen molar-refractivity contribution in [1.82, 2.24) is 10.3 Å². The van der Waals surface area contributed by atoms with Crippen molar-refractivity contribution in [3.8, 4) is 0 Å². The van der Waals surface area contributed by atoms with Gasteiger partial charge >= 0.3 is 0 Å². The van der Waals surface area contributed by atoms with Crippen LogP contribution >= 0.6 is 0 Å². The Morgan fingerprint density at radius 2 is 2.12 bits per heavy atom. The summed E-state index contributed by atoms with van der Waals surface area (Å²) in [5, 5.41) is 3.23. The quantitative estimate of drug-likeness (QED) is 0.851. The van der Waals surface area contributed by atoms with Crippen molar-refractivity contribution in [2.75, 3.05) is 18.8 Å². The molecule has 0 bridgehead atoms. The molecule has 0 saturated carbocycles. The Kier molecular flexibility index (Phi) is 3.56. The topological polar surface area (TPSA) is 59.1 Å². The first-order valence-electron chi connectivity index (χ1n) is 5.52. The van der Waals surface area contributed by atoms with Crippen molar-refractivity contribution in [3.05, 3.63) is 24.5 Å². The highest BCUT2D eigenvalue weighted by Crippen LogP contribution is 2.17. The maximum absolute atomic E-state index is 12.0. The number of sulfone groups is 1. The Bertz CT molecular complexity index is 425. The van der Waals surface area contributed by atoms with Crippen LogP contribution in [-0.2, 0) is 9.84 Å². The van der Waals surface area contributed by atoms with Crippen molar-refractivity contribution in [2.24, 2.45) is 5.92 Å². The maximum Gasteiger partial charge on any atom is 0.178 e. The molecule has 0 aromatic carbocycles. The second-order valence-corrected chi connectivity index (χ2v) is 6.21. The molecule has 1 unspecified atom stereocenters. The molecule has 1 fully saturated rings. The summed E-state index contributed by atoms with van der Waals surface area (Å²) in [6.07, 6.45) is 5.10. The Morgan fingerprint density at radius 1 is 1.38 bits per heavy atom. The molecule has 1 aromatic heterocycles. The molecule has 1 atom stereocenters. The van der Waals surface area contributed by atoms with E-state index in [4.69, 9.17) is 0 Å². The van der Waals surface area contributed by atoms with Crippen molar-refractivity contribution in [2.45, 2.75) is 17.7 Å². The van der Waals surface area contributed by atoms with Crippen LogP contribution in [0.15, 0.2) is 29.4 Å². The van der Waals surface area contributed by atoms with Gasteiger partial charge in [0.15, 0.2) is 9.84 Å². The molecule has 1 aliphatic heterocycles. The molecule has 88 valence electrons. The summed E-state index contributed by atoms with van der Waals surface area (Å²) in [4.78, 5) is 4.21. The molecule has 2 rings (SSSR count). The van der Waals surface area contributed by atoms with E-state index in [2.05, 4.69) is 10.3 Å². The highest BCUT2D eigenvalue weighted by molar-refractivity contribution is 7.91. The van der Waals surface area contributed by atoms with Gasteiger partial charge in [0.2, 0.25) is 0 Å². The van der Waals surface area contributed by atoms with E-state index in [9.17, 15) is 8.42 Å². The van der Waals surface area contributed by atoms with Gasteiger partial charge in [0.1, 0.15) is 0 Å². The summed E-state index contributed by atoms with van der Waals surface area (Å²) in [5.74, 6) is 0.483. The lowest BCUT2D eigenvalue weighted by atomic mass is 10.0. The molecule has 5 heteroatoms. The molecule has 0 radical (unpaired) electrons. The van der Waals surface area contributed by atoms with Crippen LogP contribution in [0.4, 0.5) is 0 Å². The summed E-state index contributed by atoms with van der Waals surface area (Å²) in [7, 11) is -3.14. The molecule has 0 aliphatic carbocycles. The highest BCUT2D eigenvalue weighted by Gasteiger charge is 2.22. The van der Waals surface area contributed by atoms with Gasteiger partial charge in [-0.3, -0.25) is 4.98 Å². The molecule has 16 heavy (non-hydrogen) atoms. The normalized spacial score (nSPS) is 21.9. The average Bonchev–Trinajstić information content (AvgIpc) is 2.31. The van der Waals surface area contributed by atoms with E-state index >= 15 is 0 Å². The molecule has 1 N–H and O–H groups in total. The maximum atomic E-state index is 12.0. The van der Waals surface area contributed by atoms with Gasteiger partial charge in [-0.1, -0.05) is 0 Å². The molecular weight excluding hydrogens is 224 g/mol. The number of hydrogen-bond donors (Lipinski definition) is 1.